The Labute approximate surface area is 150 Å². The van der Waals surface area contributed by atoms with Crippen molar-refractivity contribution < 1.29 is 26.7 Å². The maximum absolute atomic E-state index is 13.8. The van der Waals surface area contributed by atoms with E-state index < -0.39 is 23.4 Å². The van der Waals surface area contributed by atoms with Gasteiger partial charge in [0.05, 0.1) is 12.2 Å². The van der Waals surface area contributed by atoms with E-state index in [9.17, 15) is 22.0 Å². The Morgan fingerprint density at radius 3 is 2.12 bits per heavy atom. The molecule has 2 aliphatic rings. The van der Waals surface area contributed by atoms with E-state index in [2.05, 4.69) is 6.92 Å². The fraction of sp³-hybridized carbons (Fsp3) is 0.700. The molecule has 6 heteroatoms. The lowest BCUT2D eigenvalue weighted by Gasteiger charge is -2.32. The molecule has 26 heavy (non-hydrogen) atoms. The maximum Gasteiger partial charge on any atom is 0.422 e. The third-order valence-corrected chi connectivity index (χ3v) is 5.87. The first-order valence-electron chi connectivity index (χ1n) is 9.51. The van der Waals surface area contributed by atoms with Crippen molar-refractivity contribution in [2.75, 3.05) is 0 Å². The van der Waals surface area contributed by atoms with Gasteiger partial charge in [-0.15, -0.1) is 0 Å². The maximum atomic E-state index is 13.8. The van der Waals surface area contributed by atoms with Crippen LogP contribution >= 0.6 is 0 Å². The zero-order chi connectivity index (χ0) is 18.9. The molecule has 0 N–H and O–H groups in total. The first-order valence-corrected chi connectivity index (χ1v) is 9.51. The van der Waals surface area contributed by atoms with Crippen LogP contribution in [0.1, 0.15) is 75.3 Å². The summed E-state index contributed by atoms with van der Waals surface area (Å²) in [6.45, 7) is 2.14. The van der Waals surface area contributed by atoms with E-state index in [-0.39, 0.29) is 12.0 Å². The summed E-state index contributed by atoms with van der Waals surface area (Å²) in [6.07, 6.45) is 3.16. The first-order chi connectivity index (χ1) is 12.3. The van der Waals surface area contributed by atoms with E-state index in [1.54, 1.807) is 0 Å². The second-order valence-corrected chi connectivity index (χ2v) is 7.63. The highest BCUT2D eigenvalue weighted by molar-refractivity contribution is 5.30. The second-order valence-electron chi connectivity index (χ2n) is 7.63. The van der Waals surface area contributed by atoms with E-state index in [0.717, 1.165) is 63.5 Å². The second kappa shape index (κ2) is 7.83. The lowest BCUT2D eigenvalue weighted by molar-refractivity contribution is -0.142. The van der Waals surface area contributed by atoms with Gasteiger partial charge in [0.1, 0.15) is 17.2 Å². The van der Waals surface area contributed by atoms with Crippen molar-refractivity contribution in [3.8, 4) is 0 Å². The minimum atomic E-state index is -5.01. The Kier molecular flexibility index (Phi) is 5.90. The van der Waals surface area contributed by atoms with E-state index in [1.807, 2.05) is 0 Å². The van der Waals surface area contributed by atoms with Gasteiger partial charge in [-0.25, -0.2) is 8.78 Å². The van der Waals surface area contributed by atoms with E-state index >= 15 is 0 Å². The molecule has 0 spiro atoms. The molecule has 1 aliphatic carbocycles. The SMILES string of the molecule is CCCC1CCC(C2CCC(c3cc(F)c(C(F)(F)F)c(F)c3)CC2)O1. The van der Waals surface area contributed by atoms with Crippen LogP contribution in [-0.2, 0) is 10.9 Å². The molecule has 1 saturated carbocycles. The van der Waals surface area contributed by atoms with Crippen molar-refractivity contribution in [2.45, 2.75) is 82.6 Å². The molecule has 1 saturated heterocycles. The monoisotopic (exact) mass is 376 g/mol. The average Bonchev–Trinajstić information content (AvgIpc) is 3.02. The summed E-state index contributed by atoms with van der Waals surface area (Å²) in [4.78, 5) is 0. The van der Waals surface area contributed by atoms with E-state index in [1.165, 1.54) is 0 Å². The topological polar surface area (TPSA) is 9.23 Å². The number of hydrogen-bond donors (Lipinski definition) is 0. The van der Waals surface area contributed by atoms with Crippen molar-refractivity contribution in [1.82, 2.24) is 0 Å². The molecule has 2 fully saturated rings. The van der Waals surface area contributed by atoms with Gasteiger partial charge < -0.3 is 4.74 Å². The lowest BCUT2D eigenvalue weighted by Crippen LogP contribution is -2.26. The molecule has 1 aromatic rings. The normalized spacial score (nSPS) is 29.9. The Hall–Kier alpha value is -1.17. The molecule has 2 atom stereocenters. The van der Waals surface area contributed by atoms with Crippen LogP contribution in [0, 0.1) is 17.6 Å². The number of alkyl halides is 3. The van der Waals surface area contributed by atoms with Gasteiger partial charge in [-0.3, -0.25) is 0 Å². The largest absolute Gasteiger partial charge is 0.422 e. The molecular formula is C20H25F5O. The number of ether oxygens (including phenoxy) is 1. The molecule has 0 radical (unpaired) electrons. The number of rotatable bonds is 4. The third-order valence-electron chi connectivity index (χ3n) is 5.87. The highest BCUT2D eigenvalue weighted by Gasteiger charge is 2.39. The molecule has 1 aromatic carbocycles. The summed E-state index contributed by atoms with van der Waals surface area (Å²) in [7, 11) is 0. The molecule has 0 bridgehead atoms. The van der Waals surface area contributed by atoms with Crippen LogP contribution < -0.4 is 0 Å². The van der Waals surface area contributed by atoms with Gasteiger partial charge in [0.2, 0.25) is 0 Å². The van der Waals surface area contributed by atoms with Gasteiger partial charge in [0.15, 0.2) is 0 Å². The van der Waals surface area contributed by atoms with E-state index in [0.29, 0.717) is 17.6 Å². The highest BCUT2D eigenvalue weighted by Crippen LogP contribution is 2.42. The van der Waals surface area contributed by atoms with Crippen molar-refractivity contribution >= 4 is 0 Å². The Morgan fingerprint density at radius 2 is 1.58 bits per heavy atom. The Balaban J connectivity index is 1.62. The lowest BCUT2D eigenvalue weighted by atomic mass is 9.76. The first kappa shape index (κ1) is 19.6. The van der Waals surface area contributed by atoms with Gasteiger partial charge in [-0.05, 0) is 74.5 Å². The van der Waals surface area contributed by atoms with Crippen LogP contribution in [0.15, 0.2) is 12.1 Å². The minimum Gasteiger partial charge on any atom is -0.375 e. The zero-order valence-electron chi connectivity index (χ0n) is 14.9. The van der Waals surface area contributed by atoms with Crippen LogP contribution in [-0.4, -0.2) is 12.2 Å². The van der Waals surface area contributed by atoms with Crippen molar-refractivity contribution in [3.63, 3.8) is 0 Å². The molecule has 0 aromatic heterocycles. The van der Waals surface area contributed by atoms with Crippen LogP contribution in [0.25, 0.3) is 0 Å². The fourth-order valence-corrected chi connectivity index (χ4v) is 4.54. The smallest absolute Gasteiger partial charge is 0.375 e. The van der Waals surface area contributed by atoms with Crippen LogP contribution in [0.4, 0.5) is 22.0 Å². The minimum absolute atomic E-state index is 0.0922. The summed E-state index contributed by atoms with van der Waals surface area (Å²) >= 11 is 0. The molecule has 1 aliphatic heterocycles. The van der Waals surface area contributed by atoms with Gasteiger partial charge in [0, 0.05) is 0 Å². The summed E-state index contributed by atoms with van der Waals surface area (Å²) in [5.74, 6) is -2.69. The van der Waals surface area contributed by atoms with Crippen LogP contribution in [0.5, 0.6) is 0 Å². The van der Waals surface area contributed by atoms with E-state index in [4.69, 9.17) is 4.74 Å². The standard InChI is InChI=1S/C20H25F5O/c1-2-3-15-8-9-18(26-15)13-6-4-12(5-7-13)14-10-16(21)19(17(22)11-14)20(23,24)25/h10-13,15,18H,2-9H2,1H3. The average molecular weight is 376 g/mol. The van der Waals surface area contributed by atoms with Crippen molar-refractivity contribution in [1.29, 1.82) is 0 Å². The summed E-state index contributed by atoms with van der Waals surface area (Å²) in [6, 6.07) is 1.72. The number of benzene rings is 1. The van der Waals surface area contributed by atoms with Crippen LogP contribution in [0.3, 0.4) is 0 Å². The summed E-state index contributed by atoms with van der Waals surface area (Å²) < 4.78 is 71.9. The molecule has 146 valence electrons. The number of hydrogen-bond acceptors (Lipinski definition) is 1. The molecule has 1 nitrogen and oxygen atoms in total. The predicted octanol–water partition coefficient (Wildman–Crippen LogP) is 6.61. The van der Waals surface area contributed by atoms with Gasteiger partial charge in [-0.2, -0.15) is 13.2 Å². The van der Waals surface area contributed by atoms with Crippen molar-refractivity contribution in [3.05, 3.63) is 34.9 Å². The summed E-state index contributed by atoms with van der Waals surface area (Å²) in [5, 5.41) is 0. The Morgan fingerprint density at radius 1 is 0.962 bits per heavy atom. The van der Waals surface area contributed by atoms with Gasteiger partial charge in [-0.1, -0.05) is 13.3 Å². The molecular weight excluding hydrogens is 351 g/mol. The van der Waals surface area contributed by atoms with Crippen LogP contribution in [0.2, 0.25) is 0 Å². The highest BCUT2D eigenvalue weighted by atomic mass is 19.4. The van der Waals surface area contributed by atoms with Gasteiger partial charge >= 0.3 is 6.18 Å². The van der Waals surface area contributed by atoms with Crippen molar-refractivity contribution in [2.24, 2.45) is 5.92 Å². The molecule has 2 unspecified atom stereocenters. The zero-order valence-corrected chi connectivity index (χ0v) is 14.9. The third kappa shape index (κ3) is 4.21. The quantitative estimate of drug-likeness (QED) is 0.538. The molecule has 1 heterocycles. The predicted molar refractivity (Wildman–Crippen MR) is 88.9 cm³/mol. The fourth-order valence-electron chi connectivity index (χ4n) is 4.54. The van der Waals surface area contributed by atoms with Gasteiger partial charge in [0.25, 0.3) is 0 Å². The Bertz CT molecular complexity index is 596. The molecule has 0 amide bonds. The molecule has 3 rings (SSSR count). The summed E-state index contributed by atoms with van der Waals surface area (Å²) in [5.41, 5.74) is -1.46. The number of halogens is 5.